The average molecular weight is 352 g/mol. The molecule has 1 aromatic heterocycles. The highest BCUT2D eigenvalue weighted by Gasteiger charge is 2.31. The molecule has 1 atom stereocenters. The number of carbonyl (C=O) groups is 1. The van der Waals surface area contributed by atoms with Crippen LogP contribution in [0.15, 0.2) is 47.4 Å². The summed E-state index contributed by atoms with van der Waals surface area (Å²) < 4.78 is 38.8. The summed E-state index contributed by atoms with van der Waals surface area (Å²) in [5, 5.41) is 2.58. The number of nitrogens with one attached hydrogen (secondary N) is 1. The molecule has 4 nitrogen and oxygen atoms in total. The molecule has 1 N–H and O–H groups in total. The van der Waals surface area contributed by atoms with Crippen LogP contribution in [0.3, 0.4) is 0 Å². The van der Waals surface area contributed by atoms with Gasteiger partial charge in [-0.15, -0.1) is 0 Å². The first-order valence-electron chi connectivity index (χ1n) is 7.88. The maximum Gasteiger partial charge on any atom is 0.417 e. The van der Waals surface area contributed by atoms with Gasteiger partial charge in [0.05, 0.1) is 5.56 Å². The number of rotatable bonds is 5. The highest BCUT2D eigenvalue weighted by Crippen LogP contribution is 2.28. The molecular formula is C18H19F3N2O2. The highest BCUT2D eigenvalue weighted by molar-refractivity contribution is 5.90. The standard InChI is InChI=1S/C18H19F3N2O2/c1-3-12(2)13-4-7-15(8-5-13)22-16(24)11-23-10-14(18(19,20)21)6-9-17(23)25/h4-10,12H,3,11H2,1-2H3,(H,22,24). The second-order valence-electron chi connectivity index (χ2n) is 5.86. The topological polar surface area (TPSA) is 51.1 Å². The number of amides is 1. The number of hydrogen-bond acceptors (Lipinski definition) is 2. The van der Waals surface area contributed by atoms with Crippen LogP contribution in [0.1, 0.15) is 37.3 Å². The van der Waals surface area contributed by atoms with Crippen LogP contribution in [-0.4, -0.2) is 10.5 Å². The highest BCUT2D eigenvalue weighted by atomic mass is 19.4. The van der Waals surface area contributed by atoms with Crippen LogP contribution in [0.2, 0.25) is 0 Å². The smallest absolute Gasteiger partial charge is 0.325 e. The minimum absolute atomic E-state index is 0.397. The van der Waals surface area contributed by atoms with E-state index in [1.165, 1.54) is 0 Å². The summed E-state index contributed by atoms with van der Waals surface area (Å²) in [7, 11) is 0. The zero-order valence-electron chi connectivity index (χ0n) is 13.9. The molecule has 25 heavy (non-hydrogen) atoms. The van der Waals surface area contributed by atoms with Gasteiger partial charge in [-0.1, -0.05) is 26.0 Å². The lowest BCUT2D eigenvalue weighted by molar-refractivity contribution is -0.138. The van der Waals surface area contributed by atoms with Crippen LogP contribution in [-0.2, 0) is 17.5 Å². The first kappa shape index (κ1) is 18.8. The van der Waals surface area contributed by atoms with Crippen LogP contribution < -0.4 is 10.9 Å². The molecule has 0 aliphatic carbocycles. The number of benzene rings is 1. The second-order valence-corrected chi connectivity index (χ2v) is 5.86. The van der Waals surface area contributed by atoms with Gasteiger partial charge >= 0.3 is 6.18 Å². The van der Waals surface area contributed by atoms with Crippen molar-refractivity contribution in [2.24, 2.45) is 0 Å². The van der Waals surface area contributed by atoms with E-state index in [1.807, 2.05) is 12.1 Å². The predicted octanol–water partition coefficient (Wildman–Crippen LogP) is 4.02. The van der Waals surface area contributed by atoms with Crippen molar-refractivity contribution in [1.29, 1.82) is 0 Å². The normalized spacial score (nSPS) is 12.7. The Morgan fingerprint density at radius 1 is 1.16 bits per heavy atom. The van der Waals surface area contributed by atoms with Crippen LogP contribution in [0.5, 0.6) is 0 Å². The molecule has 0 fully saturated rings. The number of halogens is 3. The molecular weight excluding hydrogens is 333 g/mol. The van der Waals surface area contributed by atoms with Gasteiger partial charge in [0.1, 0.15) is 6.54 Å². The summed E-state index contributed by atoms with van der Waals surface area (Å²) in [5.41, 5.74) is 0.0137. The van der Waals surface area contributed by atoms with Gasteiger partial charge in [0, 0.05) is 18.0 Å². The van der Waals surface area contributed by atoms with Crippen molar-refractivity contribution >= 4 is 11.6 Å². The molecule has 1 aromatic carbocycles. The Labute approximate surface area is 143 Å². The molecule has 134 valence electrons. The molecule has 1 heterocycles. The van der Waals surface area contributed by atoms with E-state index < -0.39 is 29.8 Å². The van der Waals surface area contributed by atoms with Crippen molar-refractivity contribution in [3.05, 3.63) is 64.1 Å². The van der Waals surface area contributed by atoms with E-state index >= 15 is 0 Å². The number of pyridine rings is 1. The lowest BCUT2D eigenvalue weighted by Gasteiger charge is -2.12. The molecule has 0 spiro atoms. The van der Waals surface area contributed by atoms with Gasteiger partial charge in [0.15, 0.2) is 0 Å². The van der Waals surface area contributed by atoms with Crippen LogP contribution in [0.4, 0.5) is 18.9 Å². The fourth-order valence-corrected chi connectivity index (χ4v) is 2.31. The Morgan fingerprint density at radius 3 is 2.36 bits per heavy atom. The van der Waals surface area contributed by atoms with E-state index in [0.29, 0.717) is 23.9 Å². The quantitative estimate of drug-likeness (QED) is 0.884. The second kappa shape index (κ2) is 7.55. The van der Waals surface area contributed by atoms with E-state index in [9.17, 15) is 22.8 Å². The third-order valence-corrected chi connectivity index (χ3v) is 4.00. The summed E-state index contributed by atoms with van der Waals surface area (Å²) in [6.45, 7) is 3.68. The molecule has 1 amide bonds. The molecule has 1 unspecified atom stereocenters. The van der Waals surface area contributed by atoms with Crippen LogP contribution in [0, 0.1) is 0 Å². The van der Waals surface area contributed by atoms with Gasteiger partial charge in [0.2, 0.25) is 5.91 Å². The fraction of sp³-hybridized carbons (Fsp3) is 0.333. The summed E-state index contributed by atoms with van der Waals surface area (Å²) in [5.74, 6) is -0.175. The molecule has 0 saturated carbocycles. The Kier molecular flexibility index (Phi) is 5.66. The Balaban J connectivity index is 2.09. The lowest BCUT2D eigenvalue weighted by atomic mass is 9.99. The summed E-state index contributed by atoms with van der Waals surface area (Å²) in [6.07, 6.45) is -2.93. The Bertz CT molecular complexity index is 795. The van der Waals surface area contributed by atoms with Crippen molar-refractivity contribution in [2.75, 3.05) is 5.32 Å². The largest absolute Gasteiger partial charge is 0.417 e. The van der Waals surface area contributed by atoms with Gasteiger partial charge < -0.3 is 9.88 Å². The average Bonchev–Trinajstić information content (AvgIpc) is 2.55. The zero-order valence-corrected chi connectivity index (χ0v) is 13.9. The van der Waals surface area contributed by atoms with Gasteiger partial charge in [-0.05, 0) is 36.1 Å². The van der Waals surface area contributed by atoms with Crippen molar-refractivity contribution in [1.82, 2.24) is 4.57 Å². The number of alkyl halides is 3. The number of nitrogens with zero attached hydrogens (tertiary/aromatic N) is 1. The van der Waals surface area contributed by atoms with Crippen LogP contribution >= 0.6 is 0 Å². The van der Waals surface area contributed by atoms with E-state index in [0.717, 1.165) is 22.6 Å². The molecule has 0 radical (unpaired) electrons. The van der Waals surface area contributed by atoms with Crippen molar-refractivity contribution < 1.29 is 18.0 Å². The van der Waals surface area contributed by atoms with E-state index in [-0.39, 0.29) is 0 Å². The van der Waals surface area contributed by atoms with Gasteiger partial charge in [-0.25, -0.2) is 0 Å². The first-order valence-corrected chi connectivity index (χ1v) is 7.88. The molecule has 2 rings (SSSR count). The van der Waals surface area contributed by atoms with Gasteiger partial charge in [0.25, 0.3) is 5.56 Å². The molecule has 7 heteroatoms. The van der Waals surface area contributed by atoms with Crippen molar-refractivity contribution in [3.63, 3.8) is 0 Å². The third-order valence-electron chi connectivity index (χ3n) is 4.00. The van der Waals surface area contributed by atoms with E-state index in [2.05, 4.69) is 19.2 Å². The number of anilines is 1. The lowest BCUT2D eigenvalue weighted by Crippen LogP contribution is -2.28. The molecule has 0 saturated heterocycles. The number of carbonyl (C=O) groups excluding carboxylic acids is 1. The summed E-state index contributed by atoms with van der Waals surface area (Å²) in [6, 6.07) is 8.74. The molecule has 2 aromatic rings. The minimum Gasteiger partial charge on any atom is -0.325 e. The Hall–Kier alpha value is -2.57. The minimum atomic E-state index is -4.57. The zero-order chi connectivity index (χ0) is 18.6. The summed E-state index contributed by atoms with van der Waals surface area (Å²) >= 11 is 0. The third kappa shape index (κ3) is 4.95. The van der Waals surface area contributed by atoms with E-state index in [4.69, 9.17) is 0 Å². The maximum absolute atomic E-state index is 12.7. The van der Waals surface area contributed by atoms with Crippen molar-refractivity contribution in [2.45, 2.75) is 38.9 Å². The number of hydrogen-bond donors (Lipinski definition) is 1. The van der Waals surface area contributed by atoms with Gasteiger partial charge in [-0.3, -0.25) is 9.59 Å². The maximum atomic E-state index is 12.7. The monoisotopic (exact) mass is 352 g/mol. The van der Waals surface area contributed by atoms with E-state index in [1.54, 1.807) is 12.1 Å². The molecule has 0 aliphatic heterocycles. The van der Waals surface area contributed by atoms with Gasteiger partial charge in [-0.2, -0.15) is 13.2 Å². The SMILES string of the molecule is CCC(C)c1ccc(NC(=O)Cn2cc(C(F)(F)F)ccc2=O)cc1. The number of aromatic nitrogens is 1. The predicted molar refractivity (Wildman–Crippen MR) is 89.5 cm³/mol. The van der Waals surface area contributed by atoms with Crippen LogP contribution in [0.25, 0.3) is 0 Å². The Morgan fingerprint density at radius 2 is 1.80 bits per heavy atom. The summed E-state index contributed by atoms with van der Waals surface area (Å²) in [4.78, 5) is 23.7. The van der Waals surface area contributed by atoms with Crippen molar-refractivity contribution in [3.8, 4) is 0 Å². The fourth-order valence-electron chi connectivity index (χ4n) is 2.31. The first-order chi connectivity index (χ1) is 11.7. The molecule has 0 aliphatic rings. The molecule has 0 bridgehead atoms.